The zero-order chi connectivity index (χ0) is 13.1. The highest BCUT2D eigenvalue weighted by atomic mass is 35.5. The number of alkyl halides is 1. The van der Waals surface area contributed by atoms with Gasteiger partial charge in [-0.1, -0.05) is 17.7 Å². The summed E-state index contributed by atoms with van der Waals surface area (Å²) in [5, 5.41) is 0.422. The van der Waals surface area contributed by atoms with Crippen LogP contribution >= 0.6 is 23.2 Å². The van der Waals surface area contributed by atoms with E-state index in [0.717, 1.165) is 12.1 Å². The van der Waals surface area contributed by atoms with Crippen molar-refractivity contribution >= 4 is 23.2 Å². The summed E-state index contributed by atoms with van der Waals surface area (Å²) in [6.45, 7) is 0. The van der Waals surface area contributed by atoms with Crippen LogP contribution in [0.2, 0.25) is 5.02 Å². The molecule has 2 aromatic rings. The smallest absolute Gasteiger partial charge is 0.198 e. The summed E-state index contributed by atoms with van der Waals surface area (Å²) in [7, 11) is 0. The molecule has 0 bridgehead atoms. The SMILES string of the molecule is Fc1cc(CCl)cc(F)c1Oc1cccc(Cl)c1. The van der Waals surface area contributed by atoms with Gasteiger partial charge in [0.2, 0.25) is 0 Å². The number of hydrogen-bond donors (Lipinski definition) is 0. The standard InChI is InChI=1S/C13H8Cl2F2O/c14-7-8-4-11(16)13(12(17)5-8)18-10-3-1-2-9(15)6-10/h1-6H,7H2. The molecule has 0 fully saturated rings. The molecule has 5 heteroatoms. The molecule has 0 aromatic heterocycles. The fourth-order valence-electron chi connectivity index (χ4n) is 1.44. The average Bonchev–Trinajstić information content (AvgIpc) is 2.33. The molecule has 0 heterocycles. The van der Waals surface area contributed by atoms with E-state index in [1.165, 1.54) is 6.07 Å². The normalized spacial score (nSPS) is 10.4. The van der Waals surface area contributed by atoms with Gasteiger partial charge in [-0.15, -0.1) is 11.6 Å². The first kappa shape index (κ1) is 13.1. The largest absolute Gasteiger partial charge is 0.451 e. The summed E-state index contributed by atoms with van der Waals surface area (Å²) in [5.41, 5.74) is 0.352. The molecular formula is C13H8Cl2F2O. The third-order valence-electron chi connectivity index (χ3n) is 2.23. The van der Waals surface area contributed by atoms with Crippen molar-refractivity contribution in [3.05, 3.63) is 58.6 Å². The average molecular weight is 289 g/mol. The molecule has 0 aliphatic rings. The van der Waals surface area contributed by atoms with Crippen molar-refractivity contribution in [1.29, 1.82) is 0 Å². The highest BCUT2D eigenvalue weighted by molar-refractivity contribution is 6.30. The molecule has 0 aliphatic carbocycles. The van der Waals surface area contributed by atoms with Crippen molar-refractivity contribution in [2.24, 2.45) is 0 Å². The van der Waals surface area contributed by atoms with Gasteiger partial charge < -0.3 is 4.74 Å². The first-order valence-corrected chi connectivity index (χ1v) is 5.98. The maximum atomic E-state index is 13.6. The second-order valence-corrected chi connectivity index (χ2v) is 4.29. The number of rotatable bonds is 3. The molecule has 0 saturated carbocycles. The molecule has 0 atom stereocenters. The van der Waals surface area contributed by atoms with Gasteiger partial charge in [-0.25, -0.2) is 8.78 Å². The molecule has 0 N–H and O–H groups in total. The van der Waals surface area contributed by atoms with Crippen LogP contribution in [0, 0.1) is 11.6 Å². The van der Waals surface area contributed by atoms with E-state index in [4.69, 9.17) is 27.9 Å². The van der Waals surface area contributed by atoms with Crippen LogP contribution in [-0.4, -0.2) is 0 Å². The first-order valence-electron chi connectivity index (χ1n) is 5.07. The highest BCUT2D eigenvalue weighted by Crippen LogP contribution is 2.30. The monoisotopic (exact) mass is 288 g/mol. The van der Waals surface area contributed by atoms with Gasteiger partial charge in [0.25, 0.3) is 0 Å². The molecule has 0 saturated heterocycles. The summed E-state index contributed by atoms with van der Waals surface area (Å²) < 4.78 is 32.4. The molecule has 0 spiro atoms. The number of hydrogen-bond acceptors (Lipinski definition) is 1. The topological polar surface area (TPSA) is 9.23 Å². The Kier molecular flexibility index (Phi) is 4.04. The Morgan fingerprint density at radius 3 is 2.28 bits per heavy atom. The third kappa shape index (κ3) is 2.92. The fourth-order valence-corrected chi connectivity index (χ4v) is 1.77. The van der Waals surface area contributed by atoms with Gasteiger partial charge in [0.05, 0.1) is 0 Å². The lowest BCUT2D eigenvalue weighted by Crippen LogP contribution is -1.94. The minimum atomic E-state index is -0.800. The Morgan fingerprint density at radius 1 is 1.06 bits per heavy atom. The summed E-state index contributed by atoms with van der Waals surface area (Å²) in [6.07, 6.45) is 0. The van der Waals surface area contributed by atoms with Crippen molar-refractivity contribution in [3.8, 4) is 11.5 Å². The van der Waals surface area contributed by atoms with E-state index >= 15 is 0 Å². The van der Waals surface area contributed by atoms with Crippen LogP contribution in [0.1, 0.15) is 5.56 Å². The molecule has 0 radical (unpaired) electrons. The summed E-state index contributed by atoms with van der Waals surface area (Å²) >= 11 is 11.3. The molecule has 1 nitrogen and oxygen atoms in total. The van der Waals surface area contributed by atoms with Gasteiger partial charge >= 0.3 is 0 Å². The molecule has 0 unspecified atom stereocenters. The van der Waals surface area contributed by atoms with Crippen molar-refractivity contribution in [2.45, 2.75) is 5.88 Å². The van der Waals surface area contributed by atoms with E-state index in [1.807, 2.05) is 0 Å². The van der Waals surface area contributed by atoms with Crippen LogP contribution in [0.5, 0.6) is 11.5 Å². The van der Waals surface area contributed by atoms with Crippen molar-refractivity contribution in [1.82, 2.24) is 0 Å². The predicted molar refractivity (Wildman–Crippen MR) is 67.4 cm³/mol. The predicted octanol–water partition coefficient (Wildman–Crippen LogP) is 5.15. The maximum Gasteiger partial charge on any atom is 0.198 e. The Hall–Kier alpha value is -1.32. The summed E-state index contributed by atoms with van der Waals surface area (Å²) in [6, 6.07) is 8.56. The minimum Gasteiger partial charge on any atom is -0.451 e. The molecule has 2 rings (SSSR count). The van der Waals surface area contributed by atoms with Gasteiger partial charge in [-0.05, 0) is 35.9 Å². The van der Waals surface area contributed by atoms with E-state index in [-0.39, 0.29) is 11.6 Å². The quantitative estimate of drug-likeness (QED) is 0.710. The van der Waals surface area contributed by atoms with Crippen LogP contribution in [0.3, 0.4) is 0 Å². The van der Waals surface area contributed by atoms with Crippen molar-refractivity contribution in [3.63, 3.8) is 0 Å². The molecule has 94 valence electrons. The van der Waals surface area contributed by atoms with Crippen molar-refractivity contribution in [2.75, 3.05) is 0 Å². The molecule has 18 heavy (non-hydrogen) atoms. The van der Waals surface area contributed by atoms with E-state index in [1.54, 1.807) is 18.2 Å². The summed E-state index contributed by atoms with van der Waals surface area (Å²) in [5.74, 6) is -1.77. The Balaban J connectivity index is 2.35. The van der Waals surface area contributed by atoms with E-state index in [9.17, 15) is 8.78 Å². The Bertz CT molecular complexity index is 550. The van der Waals surface area contributed by atoms with E-state index < -0.39 is 17.4 Å². The number of benzene rings is 2. The zero-order valence-electron chi connectivity index (χ0n) is 9.09. The van der Waals surface area contributed by atoms with E-state index in [0.29, 0.717) is 10.6 Å². The Labute approximate surface area is 113 Å². The lowest BCUT2D eigenvalue weighted by atomic mass is 10.2. The molecular weight excluding hydrogens is 281 g/mol. The van der Waals surface area contributed by atoms with Gasteiger partial charge in [0.1, 0.15) is 5.75 Å². The van der Waals surface area contributed by atoms with Gasteiger partial charge in [0.15, 0.2) is 17.4 Å². The zero-order valence-corrected chi connectivity index (χ0v) is 10.6. The first-order chi connectivity index (χ1) is 8.60. The van der Waals surface area contributed by atoms with E-state index in [2.05, 4.69) is 0 Å². The Morgan fingerprint density at radius 2 is 1.72 bits per heavy atom. The van der Waals surface area contributed by atoms with Gasteiger partial charge in [0, 0.05) is 10.9 Å². The molecule has 0 aliphatic heterocycles. The molecule has 0 amide bonds. The number of ether oxygens (including phenoxy) is 1. The lowest BCUT2D eigenvalue weighted by Gasteiger charge is -2.09. The van der Waals surface area contributed by atoms with Crippen LogP contribution in [0.25, 0.3) is 0 Å². The van der Waals surface area contributed by atoms with Gasteiger partial charge in [-0.2, -0.15) is 0 Å². The second-order valence-electron chi connectivity index (χ2n) is 3.58. The van der Waals surface area contributed by atoms with Crippen LogP contribution in [0.4, 0.5) is 8.78 Å². The van der Waals surface area contributed by atoms with Crippen LogP contribution in [-0.2, 0) is 5.88 Å². The second kappa shape index (κ2) is 5.55. The van der Waals surface area contributed by atoms with Crippen LogP contribution in [0.15, 0.2) is 36.4 Å². The minimum absolute atomic E-state index is 0.0330. The maximum absolute atomic E-state index is 13.6. The fraction of sp³-hybridized carbons (Fsp3) is 0.0769. The van der Waals surface area contributed by atoms with Crippen LogP contribution < -0.4 is 4.74 Å². The molecule has 2 aromatic carbocycles. The van der Waals surface area contributed by atoms with Crippen molar-refractivity contribution < 1.29 is 13.5 Å². The van der Waals surface area contributed by atoms with Gasteiger partial charge in [-0.3, -0.25) is 0 Å². The third-order valence-corrected chi connectivity index (χ3v) is 2.77. The number of halogens is 4. The lowest BCUT2D eigenvalue weighted by molar-refractivity contribution is 0.407. The highest BCUT2D eigenvalue weighted by Gasteiger charge is 2.13. The summed E-state index contributed by atoms with van der Waals surface area (Å²) in [4.78, 5) is 0.